The number of anilines is 1. The van der Waals surface area contributed by atoms with Crippen LogP contribution in [-0.4, -0.2) is 33.5 Å². The van der Waals surface area contributed by atoms with Crippen molar-refractivity contribution in [1.29, 1.82) is 0 Å². The molecule has 122 valence electrons. The number of benzene rings is 1. The second-order valence-corrected chi connectivity index (χ2v) is 4.60. The Kier molecular flexibility index (Phi) is 4.63. The molecular formula is C13H12F3N5O2. The number of nitrogens with one attached hydrogen (secondary N) is 3. The van der Waals surface area contributed by atoms with Gasteiger partial charge in [-0.25, -0.2) is 0 Å². The Hall–Kier alpha value is -2.91. The summed E-state index contributed by atoms with van der Waals surface area (Å²) in [5.41, 5.74) is 1.34. The number of aromatic amines is 1. The molecule has 0 aliphatic carbocycles. The molecule has 2 amide bonds. The van der Waals surface area contributed by atoms with Crippen LogP contribution in [0.25, 0.3) is 0 Å². The van der Waals surface area contributed by atoms with Gasteiger partial charge in [-0.2, -0.15) is 18.2 Å². The molecule has 0 unspecified atom stereocenters. The predicted molar refractivity (Wildman–Crippen MR) is 73.5 cm³/mol. The maximum Gasteiger partial charge on any atom is 0.451 e. The molecule has 2 rings (SSSR count). The number of carbonyl (C=O) groups is 2. The Balaban J connectivity index is 1.86. The Morgan fingerprint density at radius 2 is 1.87 bits per heavy atom. The first-order valence-corrected chi connectivity index (χ1v) is 6.40. The maximum absolute atomic E-state index is 12.3. The van der Waals surface area contributed by atoms with Crippen LogP contribution in [0.2, 0.25) is 0 Å². The van der Waals surface area contributed by atoms with Gasteiger partial charge in [0.05, 0.1) is 6.54 Å². The van der Waals surface area contributed by atoms with Gasteiger partial charge in [0.2, 0.25) is 17.7 Å². The quantitative estimate of drug-likeness (QED) is 0.792. The molecule has 0 fully saturated rings. The largest absolute Gasteiger partial charge is 0.451 e. The van der Waals surface area contributed by atoms with Gasteiger partial charge in [-0.15, -0.1) is 5.10 Å². The summed E-state index contributed by atoms with van der Waals surface area (Å²) in [6.45, 7) is 1.43. The average Bonchev–Trinajstić information content (AvgIpc) is 2.94. The van der Waals surface area contributed by atoms with Gasteiger partial charge in [-0.05, 0) is 19.1 Å². The molecule has 0 spiro atoms. The molecule has 0 bridgehead atoms. The molecule has 3 N–H and O–H groups in total. The van der Waals surface area contributed by atoms with Gasteiger partial charge in [0.25, 0.3) is 5.91 Å². The number of amides is 2. The minimum Gasteiger partial charge on any atom is -0.343 e. The van der Waals surface area contributed by atoms with E-state index in [4.69, 9.17) is 0 Å². The lowest BCUT2D eigenvalue weighted by molar-refractivity contribution is -0.144. The maximum atomic E-state index is 12.3. The zero-order valence-corrected chi connectivity index (χ0v) is 11.9. The van der Waals surface area contributed by atoms with E-state index in [2.05, 4.69) is 15.4 Å². The molecule has 0 aliphatic rings. The number of hydrogen-bond acceptors (Lipinski definition) is 4. The molecule has 0 radical (unpaired) electrons. The Morgan fingerprint density at radius 3 is 2.43 bits per heavy atom. The van der Waals surface area contributed by atoms with Crippen LogP contribution < -0.4 is 10.6 Å². The second-order valence-electron chi connectivity index (χ2n) is 4.60. The summed E-state index contributed by atoms with van der Waals surface area (Å²) in [6.07, 6.45) is -4.68. The molecule has 7 nitrogen and oxygen atoms in total. The molecule has 0 saturated carbocycles. The van der Waals surface area contributed by atoms with Crippen molar-refractivity contribution in [2.24, 2.45) is 0 Å². The third-order valence-corrected chi connectivity index (χ3v) is 2.73. The summed E-state index contributed by atoms with van der Waals surface area (Å²) in [5, 5.41) is 9.26. The van der Waals surface area contributed by atoms with Gasteiger partial charge in [-0.1, -0.05) is 17.7 Å². The van der Waals surface area contributed by atoms with E-state index in [-0.39, 0.29) is 0 Å². The lowest BCUT2D eigenvalue weighted by Crippen LogP contribution is -2.33. The first kappa shape index (κ1) is 16.5. The van der Waals surface area contributed by atoms with Crippen LogP contribution in [0, 0.1) is 6.92 Å². The highest BCUT2D eigenvalue weighted by atomic mass is 19.4. The van der Waals surface area contributed by atoms with Gasteiger partial charge in [-0.3, -0.25) is 20.0 Å². The number of halogens is 3. The van der Waals surface area contributed by atoms with E-state index in [0.29, 0.717) is 5.56 Å². The van der Waals surface area contributed by atoms with E-state index in [9.17, 15) is 22.8 Å². The molecule has 0 saturated heterocycles. The lowest BCUT2D eigenvalue weighted by atomic mass is 10.1. The molecule has 1 aromatic carbocycles. The Morgan fingerprint density at radius 1 is 1.22 bits per heavy atom. The summed E-state index contributed by atoms with van der Waals surface area (Å²) in [7, 11) is 0. The predicted octanol–water partition coefficient (Wildman–Crippen LogP) is 1.50. The van der Waals surface area contributed by atoms with E-state index >= 15 is 0 Å². The van der Waals surface area contributed by atoms with Crippen LogP contribution in [0.4, 0.5) is 19.1 Å². The van der Waals surface area contributed by atoms with Crippen molar-refractivity contribution in [3.05, 3.63) is 41.2 Å². The van der Waals surface area contributed by atoms with Crippen LogP contribution in [-0.2, 0) is 11.0 Å². The number of rotatable bonds is 4. The highest BCUT2D eigenvalue weighted by Crippen LogP contribution is 2.26. The molecule has 2 aromatic rings. The second kappa shape index (κ2) is 6.46. The van der Waals surface area contributed by atoms with Crippen molar-refractivity contribution in [3.8, 4) is 0 Å². The van der Waals surface area contributed by atoms with E-state index in [1.807, 2.05) is 12.2 Å². The van der Waals surface area contributed by atoms with Gasteiger partial charge in [0, 0.05) is 5.56 Å². The zero-order chi connectivity index (χ0) is 17.0. The molecule has 23 heavy (non-hydrogen) atoms. The number of H-pyrrole nitrogens is 1. The van der Waals surface area contributed by atoms with Crippen molar-refractivity contribution >= 4 is 17.8 Å². The highest BCUT2D eigenvalue weighted by Gasteiger charge is 2.35. The number of alkyl halides is 3. The molecule has 1 heterocycles. The van der Waals surface area contributed by atoms with Gasteiger partial charge >= 0.3 is 6.18 Å². The SMILES string of the molecule is Cc1ccc(C(=O)NCC(=O)Nc2n[nH]c(C(F)(F)F)n2)cc1. The van der Waals surface area contributed by atoms with Crippen LogP contribution in [0.1, 0.15) is 21.7 Å². The fourth-order valence-electron chi connectivity index (χ4n) is 1.58. The monoisotopic (exact) mass is 327 g/mol. The standard InChI is InChI=1S/C13H12F3N5O2/c1-7-2-4-8(5-3-7)10(23)17-6-9(22)18-12-19-11(20-21-12)13(14,15)16/h2-5H,6H2,1H3,(H,17,23)(H2,18,19,20,21,22). The molecule has 1 aromatic heterocycles. The van der Waals surface area contributed by atoms with Gasteiger partial charge < -0.3 is 5.32 Å². The topological polar surface area (TPSA) is 99.8 Å². The number of aryl methyl sites for hydroxylation is 1. The van der Waals surface area contributed by atoms with Crippen LogP contribution in [0.3, 0.4) is 0 Å². The van der Waals surface area contributed by atoms with Crippen molar-refractivity contribution in [1.82, 2.24) is 20.5 Å². The van der Waals surface area contributed by atoms with E-state index < -0.39 is 36.3 Å². The van der Waals surface area contributed by atoms with Crippen LogP contribution in [0.15, 0.2) is 24.3 Å². The summed E-state index contributed by atoms with van der Waals surface area (Å²) < 4.78 is 36.9. The first-order valence-electron chi connectivity index (χ1n) is 6.40. The van der Waals surface area contributed by atoms with Crippen molar-refractivity contribution < 1.29 is 22.8 Å². The van der Waals surface area contributed by atoms with E-state index in [1.165, 1.54) is 0 Å². The fourth-order valence-corrected chi connectivity index (χ4v) is 1.58. The van der Waals surface area contributed by atoms with Gasteiger partial charge in [0.15, 0.2) is 0 Å². The third kappa shape index (κ3) is 4.53. The summed E-state index contributed by atoms with van der Waals surface area (Å²) in [6, 6.07) is 6.66. The first-order chi connectivity index (χ1) is 10.8. The average molecular weight is 327 g/mol. The summed E-state index contributed by atoms with van der Waals surface area (Å²) in [4.78, 5) is 26.4. The summed E-state index contributed by atoms with van der Waals surface area (Å²) >= 11 is 0. The number of nitrogens with zero attached hydrogens (tertiary/aromatic N) is 2. The molecular weight excluding hydrogens is 315 g/mol. The van der Waals surface area contributed by atoms with Crippen LogP contribution in [0.5, 0.6) is 0 Å². The van der Waals surface area contributed by atoms with E-state index in [1.54, 1.807) is 29.4 Å². The zero-order valence-electron chi connectivity index (χ0n) is 11.9. The highest BCUT2D eigenvalue weighted by molar-refractivity contribution is 5.98. The molecule has 0 atom stereocenters. The molecule has 10 heteroatoms. The van der Waals surface area contributed by atoms with Gasteiger partial charge in [0.1, 0.15) is 0 Å². The van der Waals surface area contributed by atoms with Crippen molar-refractivity contribution in [3.63, 3.8) is 0 Å². The Bertz CT molecular complexity index is 709. The minimum atomic E-state index is -4.68. The number of hydrogen-bond donors (Lipinski definition) is 3. The minimum absolute atomic E-state index is 0.362. The van der Waals surface area contributed by atoms with Crippen molar-refractivity contribution in [2.45, 2.75) is 13.1 Å². The fraction of sp³-hybridized carbons (Fsp3) is 0.231. The van der Waals surface area contributed by atoms with Crippen LogP contribution >= 0.6 is 0 Å². The summed E-state index contributed by atoms with van der Waals surface area (Å²) in [5.74, 6) is -3.08. The number of carbonyl (C=O) groups excluding carboxylic acids is 2. The lowest BCUT2D eigenvalue weighted by Gasteiger charge is -2.05. The normalized spacial score (nSPS) is 11.1. The third-order valence-electron chi connectivity index (χ3n) is 2.73. The van der Waals surface area contributed by atoms with Crippen molar-refractivity contribution in [2.75, 3.05) is 11.9 Å². The Labute approximate surface area is 128 Å². The smallest absolute Gasteiger partial charge is 0.343 e. The number of aromatic nitrogens is 3. The van der Waals surface area contributed by atoms with E-state index in [0.717, 1.165) is 5.56 Å². The molecule has 0 aliphatic heterocycles.